The number of imide groups is 1. The number of carboxylic acid groups (broad SMARTS) is 1. The SMILES string of the molecule is C=C(N)N(CC)CCC[C@H]1C(=O)N(C(=O)N2CCN(C(=O)OC(C(C)C)C(C)C)CC2)C1C(=O)O. The Labute approximate surface area is 207 Å². The molecule has 2 heterocycles. The molecule has 0 aromatic rings. The molecule has 11 heteroatoms. The van der Waals surface area contributed by atoms with Crippen molar-refractivity contribution in [3.05, 3.63) is 12.4 Å². The van der Waals surface area contributed by atoms with E-state index < -0.39 is 36.0 Å². The van der Waals surface area contributed by atoms with Gasteiger partial charge in [-0.1, -0.05) is 34.3 Å². The van der Waals surface area contributed by atoms with Crippen molar-refractivity contribution < 1.29 is 29.0 Å². The highest BCUT2D eigenvalue weighted by atomic mass is 16.6. The Morgan fingerprint density at radius 2 is 1.66 bits per heavy atom. The van der Waals surface area contributed by atoms with Gasteiger partial charge in [-0.05, 0) is 31.6 Å². The van der Waals surface area contributed by atoms with E-state index in [0.29, 0.717) is 31.8 Å². The van der Waals surface area contributed by atoms with Gasteiger partial charge in [0, 0.05) is 39.3 Å². The number of hydrogen-bond donors (Lipinski definition) is 2. The van der Waals surface area contributed by atoms with Gasteiger partial charge >= 0.3 is 18.1 Å². The molecule has 2 atom stereocenters. The third-order valence-corrected chi connectivity index (χ3v) is 6.76. The number of carboxylic acids is 1. The van der Waals surface area contributed by atoms with E-state index in [1.165, 1.54) is 4.90 Å². The molecule has 2 saturated heterocycles. The summed E-state index contributed by atoms with van der Waals surface area (Å²) >= 11 is 0. The maximum Gasteiger partial charge on any atom is 0.410 e. The predicted octanol–water partition coefficient (Wildman–Crippen LogP) is 1.98. The molecule has 0 bridgehead atoms. The standard InChI is InChI=1S/C24H41N5O6/c1-7-26(17(6)25)10-8-9-18-19(22(31)32)29(21(18)30)23(33)27-11-13-28(14-12-27)24(34)35-20(15(2)3)16(4)5/h15-16,18-20H,6-14,25H2,1-5H3,(H,31,32)/t18-,19?/m1/s1. The van der Waals surface area contributed by atoms with E-state index in [9.17, 15) is 24.3 Å². The topological polar surface area (TPSA) is 137 Å². The van der Waals surface area contributed by atoms with Crippen molar-refractivity contribution >= 4 is 24.0 Å². The average Bonchev–Trinajstić information content (AvgIpc) is 2.79. The van der Waals surface area contributed by atoms with Crippen molar-refractivity contribution in [3.63, 3.8) is 0 Å². The van der Waals surface area contributed by atoms with Crippen LogP contribution in [0.1, 0.15) is 47.5 Å². The number of carbonyl (C=O) groups is 4. The largest absolute Gasteiger partial charge is 0.480 e. The van der Waals surface area contributed by atoms with Crippen LogP contribution < -0.4 is 5.73 Å². The molecule has 0 aromatic heterocycles. The summed E-state index contributed by atoms with van der Waals surface area (Å²) in [6.07, 6.45) is 0.271. The molecule has 0 saturated carbocycles. The molecule has 1 unspecified atom stereocenters. The number of carbonyl (C=O) groups excluding carboxylic acids is 3. The maximum absolute atomic E-state index is 13.0. The highest BCUT2D eigenvalue weighted by Crippen LogP contribution is 2.32. The van der Waals surface area contributed by atoms with E-state index in [-0.39, 0.29) is 44.1 Å². The highest BCUT2D eigenvalue weighted by molar-refractivity contribution is 6.07. The number of urea groups is 1. The predicted molar refractivity (Wildman–Crippen MR) is 130 cm³/mol. The van der Waals surface area contributed by atoms with Crippen molar-refractivity contribution in [1.82, 2.24) is 19.6 Å². The van der Waals surface area contributed by atoms with E-state index in [2.05, 4.69) is 6.58 Å². The second-order valence-corrected chi connectivity index (χ2v) is 9.90. The number of β-lactam (4-membered cyclic amide) rings is 1. The first-order chi connectivity index (χ1) is 16.4. The lowest BCUT2D eigenvalue weighted by Gasteiger charge is -2.46. The van der Waals surface area contributed by atoms with E-state index >= 15 is 0 Å². The van der Waals surface area contributed by atoms with Gasteiger partial charge in [0.25, 0.3) is 0 Å². The van der Waals surface area contributed by atoms with Crippen LogP contribution in [0.2, 0.25) is 0 Å². The second kappa shape index (κ2) is 12.1. The Hall–Kier alpha value is -2.98. The maximum atomic E-state index is 13.0. The Morgan fingerprint density at radius 3 is 2.11 bits per heavy atom. The van der Waals surface area contributed by atoms with Gasteiger partial charge in [-0.2, -0.15) is 0 Å². The van der Waals surface area contributed by atoms with Crippen molar-refractivity contribution in [3.8, 4) is 0 Å². The number of nitrogens with two attached hydrogens (primary N) is 1. The fourth-order valence-electron chi connectivity index (χ4n) is 4.80. The van der Waals surface area contributed by atoms with E-state index in [1.54, 1.807) is 4.90 Å². The first kappa shape index (κ1) is 28.3. The second-order valence-electron chi connectivity index (χ2n) is 9.90. The minimum absolute atomic E-state index is 0.180. The number of hydrogen-bond acceptors (Lipinski definition) is 7. The number of ether oxygens (including phenoxy) is 1. The molecule has 198 valence electrons. The smallest absolute Gasteiger partial charge is 0.410 e. The molecule has 11 nitrogen and oxygen atoms in total. The number of aliphatic carboxylic acids is 1. The Bertz CT molecular complexity index is 800. The molecule has 4 amide bonds. The molecule has 35 heavy (non-hydrogen) atoms. The zero-order chi connectivity index (χ0) is 26.4. The van der Waals surface area contributed by atoms with Crippen molar-refractivity contribution in [1.29, 1.82) is 0 Å². The molecule has 0 aliphatic carbocycles. The van der Waals surface area contributed by atoms with Crippen LogP contribution in [-0.4, -0.2) is 100 Å². The van der Waals surface area contributed by atoms with Crippen LogP contribution in [0.5, 0.6) is 0 Å². The van der Waals surface area contributed by atoms with Gasteiger partial charge in [-0.3, -0.25) is 4.79 Å². The van der Waals surface area contributed by atoms with Crippen LogP contribution in [0.25, 0.3) is 0 Å². The Morgan fingerprint density at radius 1 is 1.11 bits per heavy atom. The zero-order valence-electron chi connectivity index (χ0n) is 21.6. The molecular formula is C24H41N5O6. The summed E-state index contributed by atoms with van der Waals surface area (Å²) in [6, 6.07) is -1.81. The van der Waals surface area contributed by atoms with Crippen LogP contribution >= 0.6 is 0 Å². The summed E-state index contributed by atoms with van der Waals surface area (Å²) in [4.78, 5) is 55.8. The van der Waals surface area contributed by atoms with Crippen LogP contribution in [-0.2, 0) is 14.3 Å². The van der Waals surface area contributed by atoms with Crippen LogP contribution in [0.15, 0.2) is 12.4 Å². The lowest BCUT2D eigenvalue weighted by molar-refractivity contribution is -0.167. The third kappa shape index (κ3) is 6.58. The molecule has 0 radical (unpaired) electrons. The van der Waals surface area contributed by atoms with E-state index in [1.807, 2.05) is 39.5 Å². The Balaban J connectivity index is 1.92. The van der Waals surface area contributed by atoms with Crippen molar-refractivity contribution in [2.24, 2.45) is 23.5 Å². The van der Waals surface area contributed by atoms with E-state index in [4.69, 9.17) is 10.5 Å². The molecule has 2 aliphatic heterocycles. The minimum Gasteiger partial charge on any atom is -0.480 e. The van der Waals surface area contributed by atoms with Gasteiger partial charge in [-0.15, -0.1) is 0 Å². The summed E-state index contributed by atoms with van der Waals surface area (Å²) < 4.78 is 5.67. The van der Waals surface area contributed by atoms with Crippen molar-refractivity contribution in [2.45, 2.75) is 59.6 Å². The summed E-state index contributed by atoms with van der Waals surface area (Å²) in [7, 11) is 0. The molecule has 0 aromatic carbocycles. The van der Waals surface area contributed by atoms with Crippen LogP contribution in [0.3, 0.4) is 0 Å². The van der Waals surface area contributed by atoms with Gasteiger partial charge in [0.1, 0.15) is 6.10 Å². The lowest BCUT2D eigenvalue weighted by atomic mass is 9.83. The van der Waals surface area contributed by atoms with Gasteiger partial charge < -0.3 is 30.3 Å². The van der Waals surface area contributed by atoms with Crippen LogP contribution in [0.4, 0.5) is 9.59 Å². The van der Waals surface area contributed by atoms with Gasteiger partial charge in [0.15, 0.2) is 6.04 Å². The molecule has 3 N–H and O–H groups in total. The fourth-order valence-corrected chi connectivity index (χ4v) is 4.80. The molecule has 2 fully saturated rings. The first-order valence-electron chi connectivity index (χ1n) is 12.4. The van der Waals surface area contributed by atoms with Gasteiger partial charge in [0.05, 0.1) is 11.7 Å². The Kier molecular flexibility index (Phi) is 9.79. The zero-order valence-corrected chi connectivity index (χ0v) is 21.6. The summed E-state index contributed by atoms with van der Waals surface area (Å²) in [5, 5.41) is 9.69. The van der Waals surface area contributed by atoms with Gasteiger partial charge in [-0.25, -0.2) is 19.3 Å². The third-order valence-electron chi connectivity index (χ3n) is 6.76. The normalized spacial score (nSPS) is 20.3. The number of likely N-dealkylation sites (tertiary alicyclic amines) is 1. The van der Waals surface area contributed by atoms with Crippen molar-refractivity contribution in [2.75, 3.05) is 39.3 Å². The number of piperazine rings is 1. The summed E-state index contributed by atoms with van der Waals surface area (Å²) in [5.74, 6) is -1.64. The minimum atomic E-state index is -1.20. The first-order valence-corrected chi connectivity index (χ1v) is 12.4. The molecule has 2 rings (SSSR count). The lowest BCUT2D eigenvalue weighted by Crippen LogP contribution is -2.69. The average molecular weight is 496 g/mol. The van der Waals surface area contributed by atoms with Crippen LogP contribution in [0, 0.1) is 17.8 Å². The number of rotatable bonds is 10. The number of amides is 4. The molecule has 0 spiro atoms. The van der Waals surface area contributed by atoms with E-state index in [0.717, 1.165) is 4.90 Å². The summed E-state index contributed by atoms with van der Waals surface area (Å²) in [6.45, 7) is 15.8. The quantitative estimate of drug-likeness (QED) is 0.439. The fraction of sp³-hybridized carbons (Fsp3) is 0.750. The highest BCUT2D eigenvalue weighted by Gasteiger charge is 2.55. The van der Waals surface area contributed by atoms with Gasteiger partial charge in [0.2, 0.25) is 5.91 Å². The molecular weight excluding hydrogens is 454 g/mol. The number of nitrogens with zero attached hydrogens (tertiary/aromatic N) is 4. The molecule has 2 aliphatic rings. The monoisotopic (exact) mass is 495 g/mol. The summed E-state index contributed by atoms with van der Waals surface area (Å²) in [5.41, 5.74) is 5.72.